The Bertz CT molecular complexity index is 836. The molecule has 4 nitrogen and oxygen atoms in total. The highest BCUT2D eigenvalue weighted by Crippen LogP contribution is 2.29. The summed E-state index contributed by atoms with van der Waals surface area (Å²) in [7, 11) is -3.56. The first kappa shape index (κ1) is 17.8. The van der Waals surface area contributed by atoms with E-state index in [9.17, 15) is 12.8 Å². The molecule has 0 amide bonds. The van der Waals surface area contributed by atoms with Crippen molar-refractivity contribution in [1.29, 1.82) is 0 Å². The summed E-state index contributed by atoms with van der Waals surface area (Å²) in [4.78, 5) is 2.31. The predicted octanol–water partition coefficient (Wildman–Crippen LogP) is 3.86. The summed E-state index contributed by atoms with van der Waals surface area (Å²) < 4.78 is 41.5. The maximum atomic E-state index is 13.0. The first-order valence-electron chi connectivity index (χ1n) is 7.33. The fraction of sp³-hybridized carbons (Fsp3) is 0.250. The molecule has 0 atom stereocenters. The molecule has 0 spiro atoms. The lowest BCUT2D eigenvalue weighted by molar-refractivity contribution is 0.384. The van der Waals surface area contributed by atoms with Crippen LogP contribution < -0.4 is 4.90 Å². The first-order chi connectivity index (χ1) is 11.4. The van der Waals surface area contributed by atoms with Gasteiger partial charge in [-0.3, -0.25) is 0 Å². The summed E-state index contributed by atoms with van der Waals surface area (Å²) >= 11 is 6.63. The Labute approximate surface area is 157 Å². The Morgan fingerprint density at radius 3 is 2.17 bits per heavy atom. The van der Waals surface area contributed by atoms with Crippen molar-refractivity contribution in [3.8, 4) is 0 Å². The third-order valence-corrected chi connectivity index (χ3v) is 7.33. The normalized spacial score (nSPS) is 16.4. The summed E-state index contributed by atoms with van der Waals surface area (Å²) in [5, 5.41) is 0. The highest BCUT2D eigenvalue weighted by molar-refractivity contribution is 9.11. The van der Waals surface area contributed by atoms with Crippen LogP contribution in [0.3, 0.4) is 0 Å². The highest BCUT2D eigenvalue weighted by Gasteiger charge is 2.30. The Balaban J connectivity index is 1.76. The van der Waals surface area contributed by atoms with Crippen molar-refractivity contribution < 1.29 is 12.8 Å². The van der Waals surface area contributed by atoms with Crippen molar-refractivity contribution in [1.82, 2.24) is 4.31 Å². The number of anilines is 1. The molecule has 0 saturated carbocycles. The van der Waals surface area contributed by atoms with E-state index in [4.69, 9.17) is 0 Å². The molecule has 1 fully saturated rings. The van der Waals surface area contributed by atoms with E-state index in [-0.39, 0.29) is 10.7 Å². The molecule has 0 aliphatic carbocycles. The minimum absolute atomic E-state index is 0.257. The zero-order valence-electron chi connectivity index (χ0n) is 12.6. The van der Waals surface area contributed by atoms with Gasteiger partial charge in [-0.15, -0.1) is 0 Å². The number of hydrogen-bond donors (Lipinski definition) is 0. The van der Waals surface area contributed by atoms with E-state index < -0.39 is 10.0 Å². The van der Waals surface area contributed by atoms with Crippen molar-refractivity contribution in [2.24, 2.45) is 0 Å². The van der Waals surface area contributed by atoms with Gasteiger partial charge in [0.15, 0.2) is 0 Å². The lowest BCUT2D eigenvalue weighted by Gasteiger charge is -2.35. The third kappa shape index (κ3) is 3.66. The fourth-order valence-electron chi connectivity index (χ4n) is 2.65. The van der Waals surface area contributed by atoms with Crippen LogP contribution in [-0.4, -0.2) is 38.9 Å². The van der Waals surface area contributed by atoms with Crippen molar-refractivity contribution in [2.45, 2.75) is 4.90 Å². The third-order valence-electron chi connectivity index (χ3n) is 3.94. The summed E-state index contributed by atoms with van der Waals surface area (Å²) in [6.45, 7) is 1.91. The molecular formula is C16H15Br2FN2O2S. The van der Waals surface area contributed by atoms with Gasteiger partial charge >= 0.3 is 0 Å². The SMILES string of the molecule is O=S(=O)(c1cc(Br)ccc1Br)N1CCN(c2ccc(F)cc2)CC1. The minimum atomic E-state index is -3.56. The highest BCUT2D eigenvalue weighted by atomic mass is 79.9. The van der Waals surface area contributed by atoms with Gasteiger partial charge in [0.05, 0.1) is 4.90 Å². The zero-order chi connectivity index (χ0) is 17.3. The smallest absolute Gasteiger partial charge is 0.244 e. The van der Waals surface area contributed by atoms with Crippen LogP contribution in [0.2, 0.25) is 0 Å². The molecule has 0 bridgehead atoms. The molecule has 2 aromatic carbocycles. The molecule has 1 aliphatic rings. The largest absolute Gasteiger partial charge is 0.369 e. The molecule has 0 aromatic heterocycles. The van der Waals surface area contributed by atoms with Crippen LogP contribution in [0.5, 0.6) is 0 Å². The second-order valence-corrected chi connectivity index (χ2v) is 9.12. The van der Waals surface area contributed by atoms with Crippen molar-refractivity contribution >= 4 is 47.6 Å². The van der Waals surface area contributed by atoms with E-state index in [1.54, 1.807) is 30.3 Å². The molecule has 128 valence electrons. The van der Waals surface area contributed by atoms with Crippen LogP contribution >= 0.6 is 31.9 Å². The Morgan fingerprint density at radius 1 is 0.917 bits per heavy atom. The second-order valence-electron chi connectivity index (χ2n) is 5.44. The van der Waals surface area contributed by atoms with Crippen molar-refractivity contribution in [2.75, 3.05) is 31.1 Å². The van der Waals surface area contributed by atoms with Gasteiger partial charge in [0.25, 0.3) is 0 Å². The number of piperazine rings is 1. The lowest BCUT2D eigenvalue weighted by atomic mass is 10.2. The minimum Gasteiger partial charge on any atom is -0.369 e. The number of benzene rings is 2. The maximum Gasteiger partial charge on any atom is 0.244 e. The number of nitrogens with zero attached hydrogens (tertiary/aromatic N) is 2. The number of hydrogen-bond acceptors (Lipinski definition) is 3. The van der Waals surface area contributed by atoms with Crippen LogP contribution in [0.1, 0.15) is 0 Å². The van der Waals surface area contributed by atoms with Crippen LogP contribution in [0.4, 0.5) is 10.1 Å². The maximum absolute atomic E-state index is 13.0. The van der Waals surface area contributed by atoms with Gasteiger partial charge in [-0.05, 0) is 58.4 Å². The molecule has 8 heteroatoms. The molecule has 1 heterocycles. The van der Waals surface area contributed by atoms with Gasteiger partial charge in [0.2, 0.25) is 10.0 Å². The lowest BCUT2D eigenvalue weighted by Crippen LogP contribution is -2.48. The Hall–Kier alpha value is -0.960. The predicted molar refractivity (Wildman–Crippen MR) is 99.2 cm³/mol. The summed E-state index contributed by atoms with van der Waals surface area (Å²) in [5.41, 5.74) is 0.900. The first-order valence-corrected chi connectivity index (χ1v) is 10.4. The van der Waals surface area contributed by atoms with E-state index in [2.05, 4.69) is 36.8 Å². The van der Waals surface area contributed by atoms with Gasteiger partial charge in [0.1, 0.15) is 5.82 Å². The Kier molecular flexibility index (Phi) is 5.29. The number of rotatable bonds is 3. The summed E-state index contributed by atoms with van der Waals surface area (Å²) in [6.07, 6.45) is 0. The second kappa shape index (κ2) is 7.11. The van der Waals surface area contributed by atoms with E-state index in [1.807, 2.05) is 0 Å². The molecule has 2 aromatic rings. The van der Waals surface area contributed by atoms with Crippen LogP contribution in [-0.2, 0) is 10.0 Å². The molecular weight excluding hydrogens is 463 g/mol. The summed E-state index contributed by atoms with van der Waals surface area (Å²) in [6, 6.07) is 11.4. The topological polar surface area (TPSA) is 40.6 Å². The molecule has 1 saturated heterocycles. The standard InChI is InChI=1S/C16H15Br2FN2O2S/c17-12-1-6-15(18)16(11-12)24(22,23)21-9-7-20(8-10-21)14-4-2-13(19)3-5-14/h1-6,11H,7-10H2. The van der Waals surface area contributed by atoms with Gasteiger partial charge in [-0.2, -0.15) is 4.31 Å². The van der Waals surface area contributed by atoms with E-state index in [1.165, 1.54) is 16.4 Å². The summed E-state index contributed by atoms with van der Waals surface area (Å²) in [5.74, 6) is -0.278. The Morgan fingerprint density at radius 2 is 1.54 bits per heavy atom. The average Bonchev–Trinajstić information content (AvgIpc) is 2.58. The van der Waals surface area contributed by atoms with Gasteiger partial charge in [-0.1, -0.05) is 15.9 Å². The number of sulfonamides is 1. The van der Waals surface area contributed by atoms with Gasteiger partial charge in [0, 0.05) is 40.8 Å². The molecule has 0 unspecified atom stereocenters. The van der Waals surface area contributed by atoms with E-state index >= 15 is 0 Å². The molecule has 3 rings (SSSR count). The van der Waals surface area contributed by atoms with Gasteiger partial charge < -0.3 is 4.90 Å². The zero-order valence-corrected chi connectivity index (χ0v) is 16.6. The van der Waals surface area contributed by atoms with Crippen molar-refractivity contribution in [3.05, 3.63) is 57.2 Å². The van der Waals surface area contributed by atoms with Crippen LogP contribution in [0.25, 0.3) is 0 Å². The molecule has 24 heavy (non-hydrogen) atoms. The quantitative estimate of drug-likeness (QED) is 0.673. The number of halogens is 3. The van der Waals surface area contributed by atoms with Gasteiger partial charge in [-0.25, -0.2) is 12.8 Å². The monoisotopic (exact) mass is 476 g/mol. The van der Waals surface area contributed by atoms with Crippen LogP contribution in [0.15, 0.2) is 56.3 Å². The molecule has 0 N–H and O–H groups in total. The van der Waals surface area contributed by atoms with Crippen LogP contribution in [0, 0.1) is 5.82 Å². The van der Waals surface area contributed by atoms with E-state index in [0.29, 0.717) is 35.1 Å². The average molecular weight is 478 g/mol. The van der Waals surface area contributed by atoms with Crippen molar-refractivity contribution in [3.63, 3.8) is 0 Å². The van der Waals surface area contributed by atoms with E-state index in [0.717, 1.165) is 5.69 Å². The molecule has 1 aliphatic heterocycles. The molecule has 0 radical (unpaired) electrons. The fourth-order valence-corrected chi connectivity index (χ4v) is 5.54.